The van der Waals surface area contributed by atoms with E-state index in [0.717, 1.165) is 18.7 Å². The first kappa shape index (κ1) is 23.5. The number of halogens is 1. The van der Waals surface area contributed by atoms with Crippen LogP contribution in [0.3, 0.4) is 0 Å². The number of amides is 2. The highest BCUT2D eigenvalue weighted by Crippen LogP contribution is 2.30. The summed E-state index contributed by atoms with van der Waals surface area (Å²) in [5.74, 6) is 0.622. The maximum Gasteiger partial charge on any atom is 0.415 e. The lowest BCUT2D eigenvalue weighted by Gasteiger charge is -2.31. The molecule has 1 aliphatic heterocycles. The molecule has 0 unspecified atom stereocenters. The van der Waals surface area contributed by atoms with Gasteiger partial charge in [0.25, 0.3) is 5.91 Å². The van der Waals surface area contributed by atoms with Gasteiger partial charge < -0.3 is 24.6 Å². The summed E-state index contributed by atoms with van der Waals surface area (Å²) in [7, 11) is 3.56. The zero-order valence-electron chi connectivity index (χ0n) is 19.0. The Hall–Kier alpha value is -3.62. The lowest BCUT2D eigenvalue weighted by Crippen LogP contribution is -2.48. The van der Waals surface area contributed by atoms with Crippen LogP contribution in [0.1, 0.15) is 10.4 Å². The third kappa shape index (κ3) is 5.65. The highest BCUT2D eigenvalue weighted by molar-refractivity contribution is 6.33. The molecule has 1 N–H and O–H groups in total. The number of methoxy groups -OCH3 is 1. The number of nitrogens with one attached hydrogen (secondary N) is 1. The highest BCUT2D eigenvalue weighted by Gasteiger charge is 2.20. The minimum atomic E-state index is -0.356. The van der Waals surface area contributed by atoms with Crippen molar-refractivity contribution >= 4 is 29.3 Å². The second-order valence-electron chi connectivity index (χ2n) is 7.92. The molecular formula is C25H25ClN4O4. The van der Waals surface area contributed by atoms with Crippen molar-refractivity contribution in [3.8, 4) is 22.8 Å². The molecular weight excluding hydrogens is 456 g/mol. The van der Waals surface area contributed by atoms with Gasteiger partial charge in [0.05, 0.1) is 19.0 Å². The Kier molecular flexibility index (Phi) is 7.30. The summed E-state index contributed by atoms with van der Waals surface area (Å²) >= 11 is 6.41. The maximum absolute atomic E-state index is 12.7. The van der Waals surface area contributed by atoms with Crippen LogP contribution in [0.25, 0.3) is 11.1 Å². The lowest BCUT2D eigenvalue weighted by atomic mass is 10.0. The number of benzene rings is 2. The number of likely N-dealkylation sites (N-methyl/N-ethyl adjacent to an activating group) is 1. The van der Waals surface area contributed by atoms with Crippen LogP contribution in [-0.4, -0.2) is 67.1 Å². The largest absolute Gasteiger partial charge is 0.481 e. The number of rotatable bonds is 5. The van der Waals surface area contributed by atoms with Gasteiger partial charge in [0.1, 0.15) is 5.75 Å². The van der Waals surface area contributed by atoms with Crippen LogP contribution >= 0.6 is 11.6 Å². The molecule has 0 saturated carbocycles. The number of aromatic nitrogens is 1. The van der Waals surface area contributed by atoms with E-state index in [9.17, 15) is 9.59 Å². The fraction of sp³-hybridized carbons (Fsp3) is 0.240. The van der Waals surface area contributed by atoms with Crippen LogP contribution < -0.4 is 14.8 Å². The monoisotopic (exact) mass is 480 g/mol. The topological polar surface area (TPSA) is 84.0 Å². The zero-order chi connectivity index (χ0) is 24.1. The summed E-state index contributed by atoms with van der Waals surface area (Å²) in [6.45, 7) is 2.94. The smallest absolute Gasteiger partial charge is 0.415 e. The van der Waals surface area contributed by atoms with Gasteiger partial charge in [-0.1, -0.05) is 23.7 Å². The van der Waals surface area contributed by atoms with Crippen LogP contribution in [0.5, 0.6) is 11.6 Å². The molecule has 9 heteroatoms. The first-order valence-corrected chi connectivity index (χ1v) is 11.2. The normalized spacial score (nSPS) is 13.9. The van der Waals surface area contributed by atoms with Gasteiger partial charge in [-0.2, -0.15) is 0 Å². The van der Waals surface area contributed by atoms with E-state index in [4.69, 9.17) is 21.1 Å². The van der Waals surface area contributed by atoms with Crippen molar-refractivity contribution in [2.75, 3.05) is 45.7 Å². The average Bonchev–Trinajstić information content (AvgIpc) is 2.85. The number of carbonyl (C=O) groups is 2. The number of hydrogen-bond donors (Lipinski definition) is 1. The maximum atomic E-state index is 12.7. The number of pyridine rings is 1. The van der Waals surface area contributed by atoms with Gasteiger partial charge in [0, 0.05) is 48.4 Å². The number of anilines is 1. The van der Waals surface area contributed by atoms with Gasteiger partial charge in [0.15, 0.2) is 0 Å². The van der Waals surface area contributed by atoms with Gasteiger partial charge in [-0.3, -0.25) is 4.79 Å². The number of hydrogen-bond acceptors (Lipinski definition) is 6. The quantitative estimate of drug-likeness (QED) is 0.582. The van der Waals surface area contributed by atoms with E-state index in [0.29, 0.717) is 46.6 Å². The molecule has 2 amide bonds. The summed E-state index contributed by atoms with van der Waals surface area (Å²) in [5, 5.41) is 3.31. The van der Waals surface area contributed by atoms with E-state index in [1.54, 1.807) is 47.4 Å². The molecule has 0 aliphatic carbocycles. The second-order valence-corrected chi connectivity index (χ2v) is 8.33. The number of ether oxygens (including phenoxy) is 2. The van der Waals surface area contributed by atoms with Crippen molar-refractivity contribution in [3.05, 3.63) is 71.4 Å². The Balaban J connectivity index is 1.44. The third-order valence-corrected chi connectivity index (χ3v) is 5.89. The molecule has 0 radical (unpaired) electrons. The summed E-state index contributed by atoms with van der Waals surface area (Å²) in [4.78, 5) is 33.1. The van der Waals surface area contributed by atoms with Gasteiger partial charge in [0.2, 0.25) is 5.88 Å². The Morgan fingerprint density at radius 1 is 1.00 bits per heavy atom. The highest BCUT2D eigenvalue weighted by atomic mass is 35.5. The fourth-order valence-electron chi connectivity index (χ4n) is 3.52. The molecule has 0 atom stereocenters. The van der Waals surface area contributed by atoms with Crippen molar-refractivity contribution in [2.45, 2.75) is 0 Å². The molecule has 176 valence electrons. The molecule has 1 aromatic heterocycles. The molecule has 1 saturated heterocycles. The molecule has 1 fully saturated rings. The zero-order valence-corrected chi connectivity index (χ0v) is 19.7. The van der Waals surface area contributed by atoms with Crippen LogP contribution in [0.15, 0.2) is 60.8 Å². The van der Waals surface area contributed by atoms with E-state index < -0.39 is 0 Å². The fourth-order valence-corrected chi connectivity index (χ4v) is 3.75. The van der Waals surface area contributed by atoms with Gasteiger partial charge >= 0.3 is 6.09 Å². The van der Waals surface area contributed by atoms with E-state index in [1.807, 2.05) is 19.2 Å². The SMILES string of the molecule is COc1ccc(NC(=O)c2ccc(Cl)c(-c3ccc(OC(=O)N4CCN(C)CC4)cc3)c2)cn1. The van der Waals surface area contributed by atoms with Gasteiger partial charge in [-0.15, -0.1) is 0 Å². The second kappa shape index (κ2) is 10.5. The van der Waals surface area contributed by atoms with Crippen LogP contribution in [0.2, 0.25) is 5.02 Å². The minimum Gasteiger partial charge on any atom is -0.481 e. The van der Waals surface area contributed by atoms with Crippen molar-refractivity contribution in [3.63, 3.8) is 0 Å². The van der Waals surface area contributed by atoms with Crippen molar-refractivity contribution in [1.29, 1.82) is 0 Å². The Morgan fingerprint density at radius 2 is 1.74 bits per heavy atom. The summed E-state index contributed by atoms with van der Waals surface area (Å²) < 4.78 is 10.5. The van der Waals surface area contributed by atoms with E-state index in [2.05, 4.69) is 15.2 Å². The molecule has 0 bridgehead atoms. The molecule has 2 heterocycles. The Morgan fingerprint density at radius 3 is 2.38 bits per heavy atom. The van der Waals surface area contributed by atoms with Gasteiger partial charge in [-0.25, -0.2) is 9.78 Å². The van der Waals surface area contributed by atoms with Crippen molar-refractivity contribution < 1.29 is 19.1 Å². The first-order chi connectivity index (χ1) is 16.4. The van der Waals surface area contributed by atoms with Crippen LogP contribution in [0.4, 0.5) is 10.5 Å². The molecule has 2 aromatic carbocycles. The molecule has 34 heavy (non-hydrogen) atoms. The summed E-state index contributed by atoms with van der Waals surface area (Å²) in [6.07, 6.45) is 1.17. The average molecular weight is 481 g/mol. The Labute approximate surface area is 203 Å². The van der Waals surface area contributed by atoms with Crippen LogP contribution in [-0.2, 0) is 0 Å². The van der Waals surface area contributed by atoms with Gasteiger partial charge in [-0.05, 0) is 49.0 Å². The molecule has 1 aliphatic rings. The minimum absolute atomic E-state index is 0.289. The Bertz CT molecular complexity index is 1160. The molecule has 0 spiro atoms. The lowest BCUT2D eigenvalue weighted by molar-refractivity contribution is 0.102. The molecule has 8 nitrogen and oxygen atoms in total. The predicted molar refractivity (Wildman–Crippen MR) is 131 cm³/mol. The van der Waals surface area contributed by atoms with E-state index in [1.165, 1.54) is 13.3 Å². The van der Waals surface area contributed by atoms with Crippen molar-refractivity contribution in [1.82, 2.24) is 14.8 Å². The molecule has 4 rings (SSSR count). The number of carbonyl (C=O) groups excluding carboxylic acids is 2. The first-order valence-electron chi connectivity index (χ1n) is 10.8. The van der Waals surface area contributed by atoms with E-state index >= 15 is 0 Å². The van der Waals surface area contributed by atoms with E-state index in [-0.39, 0.29) is 12.0 Å². The van der Waals surface area contributed by atoms with Crippen LogP contribution in [0, 0.1) is 0 Å². The molecule has 3 aromatic rings. The number of piperazine rings is 1. The summed E-state index contributed by atoms with van der Waals surface area (Å²) in [5.41, 5.74) is 2.49. The number of nitrogens with zero attached hydrogens (tertiary/aromatic N) is 3. The summed E-state index contributed by atoms with van der Waals surface area (Å²) in [6, 6.07) is 15.5. The van der Waals surface area contributed by atoms with Crippen molar-refractivity contribution in [2.24, 2.45) is 0 Å². The third-order valence-electron chi connectivity index (χ3n) is 5.56. The predicted octanol–water partition coefficient (Wildman–Crippen LogP) is 4.41. The standard InChI is InChI=1S/C25H25ClN4O4/c1-29-11-13-30(14-12-29)25(32)34-20-7-3-17(4-8-20)21-15-18(5-9-22(21)26)24(31)28-19-6-10-23(33-2)27-16-19/h3-10,15-16H,11-14H2,1-2H3,(H,28,31).